The van der Waals surface area contributed by atoms with Crippen LogP contribution in [0.25, 0.3) is 0 Å². The number of hydrogen-bond donors (Lipinski definition) is 2. The van der Waals surface area contributed by atoms with Gasteiger partial charge in [-0.25, -0.2) is 4.79 Å². The third kappa shape index (κ3) is 6.03. The highest BCUT2D eigenvalue weighted by molar-refractivity contribution is 5.99. The van der Waals surface area contributed by atoms with E-state index in [1.807, 2.05) is 0 Å². The summed E-state index contributed by atoms with van der Waals surface area (Å²) in [6.07, 6.45) is 0.246. The second kappa shape index (κ2) is 9.68. The van der Waals surface area contributed by atoms with Crippen molar-refractivity contribution >= 4 is 29.3 Å². The first kappa shape index (κ1) is 21.9. The van der Waals surface area contributed by atoms with Gasteiger partial charge in [-0.2, -0.15) is 0 Å². The zero-order valence-electron chi connectivity index (χ0n) is 16.7. The first-order valence-electron chi connectivity index (χ1n) is 9.15. The number of nitrogens with one attached hydrogen (secondary N) is 2. The van der Waals surface area contributed by atoms with Crippen LogP contribution in [-0.2, 0) is 14.3 Å². The lowest BCUT2D eigenvalue weighted by molar-refractivity contribution is -0.156. The summed E-state index contributed by atoms with van der Waals surface area (Å²) >= 11 is 0. The van der Waals surface area contributed by atoms with Gasteiger partial charge in [-0.15, -0.1) is 0 Å². The Kier molecular flexibility index (Phi) is 7.30. The lowest BCUT2D eigenvalue weighted by atomic mass is 10.0. The molecule has 29 heavy (non-hydrogen) atoms. The standard InChI is InChI=1S/C21H24N2O6/c1-12(2)18(23-20(26)17-9-6-10-28-17)21(27)29-14(4)19(25)22-16-8-5-7-15(11-16)13(3)24/h5-12,14,18H,1-4H3,(H,22,25)(H,23,26)/t14-,18-/m0/s1. The van der Waals surface area contributed by atoms with Crippen LogP contribution in [0.5, 0.6) is 0 Å². The summed E-state index contributed by atoms with van der Waals surface area (Å²) in [7, 11) is 0. The lowest BCUT2D eigenvalue weighted by Crippen LogP contribution is -2.47. The average Bonchev–Trinajstić information content (AvgIpc) is 3.20. The molecule has 2 amide bonds. The van der Waals surface area contributed by atoms with E-state index in [2.05, 4.69) is 10.6 Å². The first-order chi connectivity index (χ1) is 13.7. The number of rotatable bonds is 8. The summed E-state index contributed by atoms with van der Waals surface area (Å²) in [6.45, 7) is 6.33. The van der Waals surface area contributed by atoms with Crippen molar-refractivity contribution in [2.24, 2.45) is 5.92 Å². The van der Waals surface area contributed by atoms with Crippen LogP contribution in [0, 0.1) is 5.92 Å². The molecule has 0 aliphatic rings. The highest BCUT2D eigenvalue weighted by atomic mass is 16.5. The number of ether oxygens (including phenoxy) is 1. The molecular formula is C21H24N2O6. The van der Waals surface area contributed by atoms with Crippen LogP contribution < -0.4 is 10.6 Å². The van der Waals surface area contributed by atoms with Gasteiger partial charge in [0, 0.05) is 11.3 Å². The molecule has 1 heterocycles. The Morgan fingerprint density at radius 2 is 1.76 bits per heavy atom. The molecule has 0 unspecified atom stereocenters. The molecular weight excluding hydrogens is 376 g/mol. The fourth-order valence-electron chi connectivity index (χ4n) is 2.48. The highest BCUT2D eigenvalue weighted by Gasteiger charge is 2.29. The Morgan fingerprint density at radius 3 is 2.34 bits per heavy atom. The van der Waals surface area contributed by atoms with Gasteiger partial charge in [0.2, 0.25) is 0 Å². The number of hydrogen-bond acceptors (Lipinski definition) is 6. The summed E-state index contributed by atoms with van der Waals surface area (Å²) in [4.78, 5) is 48.5. The normalized spacial score (nSPS) is 12.7. The van der Waals surface area contributed by atoms with E-state index < -0.39 is 29.9 Å². The number of amides is 2. The second-order valence-electron chi connectivity index (χ2n) is 6.88. The zero-order chi connectivity index (χ0) is 21.6. The lowest BCUT2D eigenvalue weighted by Gasteiger charge is -2.22. The van der Waals surface area contributed by atoms with Gasteiger partial charge >= 0.3 is 5.97 Å². The van der Waals surface area contributed by atoms with Crippen molar-refractivity contribution in [2.45, 2.75) is 39.8 Å². The van der Waals surface area contributed by atoms with E-state index in [9.17, 15) is 19.2 Å². The third-order valence-electron chi connectivity index (χ3n) is 4.15. The Balaban J connectivity index is 1.99. The number of carbonyl (C=O) groups is 4. The van der Waals surface area contributed by atoms with Gasteiger partial charge in [0.1, 0.15) is 6.04 Å². The van der Waals surface area contributed by atoms with E-state index in [0.29, 0.717) is 11.3 Å². The van der Waals surface area contributed by atoms with Crippen molar-refractivity contribution in [1.82, 2.24) is 5.32 Å². The summed E-state index contributed by atoms with van der Waals surface area (Å²) < 4.78 is 10.3. The predicted molar refractivity (Wildman–Crippen MR) is 105 cm³/mol. The monoisotopic (exact) mass is 400 g/mol. The molecule has 1 aromatic heterocycles. The summed E-state index contributed by atoms with van der Waals surface area (Å²) in [5.41, 5.74) is 0.866. The molecule has 0 aliphatic carbocycles. The minimum atomic E-state index is -1.11. The molecule has 0 radical (unpaired) electrons. The minimum absolute atomic E-state index is 0.0691. The molecule has 0 fully saturated rings. The van der Waals surface area contributed by atoms with Crippen molar-refractivity contribution in [3.05, 3.63) is 54.0 Å². The van der Waals surface area contributed by atoms with Crippen molar-refractivity contribution in [3.63, 3.8) is 0 Å². The van der Waals surface area contributed by atoms with Gasteiger partial charge < -0.3 is 19.8 Å². The molecule has 0 saturated heterocycles. The van der Waals surface area contributed by atoms with Crippen LogP contribution in [0.1, 0.15) is 48.6 Å². The maximum absolute atomic E-state index is 12.5. The van der Waals surface area contributed by atoms with Gasteiger partial charge in [-0.05, 0) is 44.0 Å². The fourth-order valence-corrected chi connectivity index (χ4v) is 2.48. The molecule has 8 heteroatoms. The average molecular weight is 400 g/mol. The van der Waals surface area contributed by atoms with Gasteiger partial charge in [0.15, 0.2) is 17.6 Å². The van der Waals surface area contributed by atoms with E-state index in [1.54, 1.807) is 38.1 Å². The van der Waals surface area contributed by atoms with Crippen LogP contribution in [0.4, 0.5) is 5.69 Å². The van der Waals surface area contributed by atoms with Gasteiger partial charge in [-0.1, -0.05) is 26.0 Å². The molecule has 2 aromatic rings. The molecule has 2 N–H and O–H groups in total. The predicted octanol–water partition coefficient (Wildman–Crippen LogP) is 2.81. The Bertz CT molecular complexity index is 888. The number of Topliss-reactive ketones (excluding diaryl/α,β-unsaturated/α-hetero) is 1. The van der Waals surface area contributed by atoms with E-state index in [-0.39, 0.29) is 17.5 Å². The van der Waals surface area contributed by atoms with Gasteiger partial charge in [-0.3, -0.25) is 14.4 Å². The number of carbonyl (C=O) groups excluding carboxylic acids is 4. The molecule has 1 aromatic carbocycles. The number of furan rings is 1. The van der Waals surface area contributed by atoms with Gasteiger partial charge in [0.25, 0.3) is 11.8 Å². The zero-order valence-corrected chi connectivity index (χ0v) is 16.7. The van der Waals surface area contributed by atoms with Gasteiger partial charge in [0.05, 0.1) is 6.26 Å². The Morgan fingerprint density at radius 1 is 1.03 bits per heavy atom. The minimum Gasteiger partial charge on any atom is -0.459 e. The molecule has 154 valence electrons. The van der Waals surface area contributed by atoms with Crippen LogP contribution in [-0.4, -0.2) is 35.7 Å². The molecule has 0 bridgehead atoms. The summed E-state index contributed by atoms with van der Waals surface area (Å²) in [5, 5.41) is 5.16. The van der Waals surface area contributed by atoms with Crippen molar-refractivity contribution in [1.29, 1.82) is 0 Å². The van der Waals surface area contributed by atoms with Crippen LogP contribution in [0.15, 0.2) is 47.1 Å². The van der Waals surface area contributed by atoms with Crippen molar-refractivity contribution in [2.75, 3.05) is 5.32 Å². The van der Waals surface area contributed by atoms with E-state index in [4.69, 9.17) is 9.15 Å². The maximum atomic E-state index is 12.5. The molecule has 0 spiro atoms. The van der Waals surface area contributed by atoms with Crippen LogP contribution >= 0.6 is 0 Å². The largest absolute Gasteiger partial charge is 0.459 e. The molecule has 0 aliphatic heterocycles. The number of anilines is 1. The molecule has 2 atom stereocenters. The quantitative estimate of drug-likeness (QED) is 0.520. The van der Waals surface area contributed by atoms with E-state index in [0.717, 1.165) is 0 Å². The maximum Gasteiger partial charge on any atom is 0.329 e. The summed E-state index contributed by atoms with van der Waals surface area (Å²) in [6, 6.07) is 8.52. The second-order valence-corrected chi connectivity index (χ2v) is 6.88. The Labute approximate surface area is 168 Å². The number of ketones is 1. The van der Waals surface area contributed by atoms with E-state index >= 15 is 0 Å². The third-order valence-corrected chi connectivity index (χ3v) is 4.15. The van der Waals surface area contributed by atoms with Crippen LogP contribution in [0.3, 0.4) is 0 Å². The molecule has 2 rings (SSSR count). The van der Waals surface area contributed by atoms with E-state index in [1.165, 1.54) is 32.2 Å². The fraction of sp³-hybridized carbons (Fsp3) is 0.333. The SMILES string of the molecule is CC(=O)c1cccc(NC(=O)[C@H](C)OC(=O)[C@@H](NC(=O)c2ccco2)C(C)C)c1. The summed E-state index contributed by atoms with van der Waals surface area (Å²) in [5.74, 6) is -2.18. The van der Waals surface area contributed by atoms with Crippen molar-refractivity contribution < 1.29 is 28.3 Å². The Hall–Kier alpha value is -3.42. The van der Waals surface area contributed by atoms with Crippen LogP contribution in [0.2, 0.25) is 0 Å². The topological polar surface area (TPSA) is 115 Å². The first-order valence-corrected chi connectivity index (χ1v) is 9.15. The highest BCUT2D eigenvalue weighted by Crippen LogP contribution is 2.13. The number of benzene rings is 1. The van der Waals surface area contributed by atoms with Crippen molar-refractivity contribution in [3.8, 4) is 0 Å². The molecule has 0 saturated carbocycles. The number of esters is 1. The smallest absolute Gasteiger partial charge is 0.329 e. The molecule has 8 nitrogen and oxygen atoms in total.